The first-order chi connectivity index (χ1) is 5.22. The van der Waals surface area contributed by atoms with Crippen LogP contribution in [0.3, 0.4) is 0 Å². The zero-order valence-electron chi connectivity index (χ0n) is 6.42. The van der Waals surface area contributed by atoms with Crippen molar-refractivity contribution in [3.8, 4) is 0 Å². The predicted molar refractivity (Wildman–Crippen MR) is 45.3 cm³/mol. The summed E-state index contributed by atoms with van der Waals surface area (Å²) >= 11 is 0. The Morgan fingerprint density at radius 3 is 2.64 bits per heavy atom. The molecule has 0 spiro atoms. The standard InChI is InChI=1S/C9H12O2/c1-3-5-9(11)8(2)6-4-7-10/h3,5,7,11H,1-2,4,6H2/b9-5+. The zero-order valence-corrected chi connectivity index (χ0v) is 6.42. The molecule has 2 nitrogen and oxygen atoms in total. The third-order valence-corrected chi connectivity index (χ3v) is 1.20. The fourth-order valence-electron chi connectivity index (χ4n) is 0.591. The molecule has 0 rings (SSSR count). The lowest BCUT2D eigenvalue weighted by Gasteiger charge is -1.99. The Morgan fingerprint density at radius 1 is 1.55 bits per heavy atom. The highest BCUT2D eigenvalue weighted by atomic mass is 16.3. The molecule has 60 valence electrons. The molecule has 0 aromatic rings. The third-order valence-electron chi connectivity index (χ3n) is 1.20. The van der Waals surface area contributed by atoms with E-state index >= 15 is 0 Å². The monoisotopic (exact) mass is 152 g/mol. The van der Waals surface area contributed by atoms with Gasteiger partial charge < -0.3 is 9.90 Å². The van der Waals surface area contributed by atoms with Crippen LogP contribution in [0.25, 0.3) is 0 Å². The first-order valence-corrected chi connectivity index (χ1v) is 3.35. The van der Waals surface area contributed by atoms with E-state index in [0.717, 1.165) is 6.29 Å². The quantitative estimate of drug-likeness (QED) is 0.372. The highest BCUT2D eigenvalue weighted by Gasteiger charge is 1.97. The maximum Gasteiger partial charge on any atom is 0.120 e. The smallest absolute Gasteiger partial charge is 0.120 e. The highest BCUT2D eigenvalue weighted by Crippen LogP contribution is 2.09. The molecule has 2 heteroatoms. The van der Waals surface area contributed by atoms with Gasteiger partial charge in [0.15, 0.2) is 0 Å². The van der Waals surface area contributed by atoms with Gasteiger partial charge in [0.25, 0.3) is 0 Å². The van der Waals surface area contributed by atoms with E-state index in [9.17, 15) is 4.79 Å². The minimum Gasteiger partial charge on any atom is -0.508 e. The van der Waals surface area contributed by atoms with Crippen molar-refractivity contribution in [2.24, 2.45) is 0 Å². The second-order valence-electron chi connectivity index (χ2n) is 2.10. The van der Waals surface area contributed by atoms with Gasteiger partial charge in [-0.25, -0.2) is 0 Å². The molecular weight excluding hydrogens is 140 g/mol. The van der Waals surface area contributed by atoms with Gasteiger partial charge >= 0.3 is 0 Å². The zero-order chi connectivity index (χ0) is 8.69. The summed E-state index contributed by atoms with van der Waals surface area (Å²) in [5.74, 6) is 0.0989. The second-order valence-corrected chi connectivity index (χ2v) is 2.10. The number of allylic oxidation sites excluding steroid dienone is 3. The minimum absolute atomic E-state index is 0.0989. The highest BCUT2D eigenvalue weighted by molar-refractivity contribution is 5.50. The number of carbonyl (C=O) groups excluding carboxylic acids is 1. The normalized spacial score (nSPS) is 10.7. The van der Waals surface area contributed by atoms with E-state index in [2.05, 4.69) is 13.2 Å². The maximum absolute atomic E-state index is 9.93. The van der Waals surface area contributed by atoms with Crippen LogP contribution in [0.15, 0.2) is 36.6 Å². The van der Waals surface area contributed by atoms with Gasteiger partial charge in [0, 0.05) is 6.42 Å². The minimum atomic E-state index is 0.0989. The average molecular weight is 152 g/mol. The number of hydrogen-bond acceptors (Lipinski definition) is 2. The molecule has 0 aromatic heterocycles. The number of rotatable bonds is 5. The topological polar surface area (TPSA) is 37.3 Å². The molecule has 0 bridgehead atoms. The molecule has 0 aliphatic rings. The van der Waals surface area contributed by atoms with Crippen molar-refractivity contribution in [2.75, 3.05) is 0 Å². The number of aldehydes is 1. The van der Waals surface area contributed by atoms with E-state index in [1.165, 1.54) is 12.2 Å². The van der Waals surface area contributed by atoms with E-state index in [1.54, 1.807) is 0 Å². The predicted octanol–water partition coefficient (Wildman–Crippen LogP) is 2.15. The molecule has 0 heterocycles. The lowest BCUT2D eigenvalue weighted by molar-refractivity contribution is -0.107. The molecule has 0 aliphatic heterocycles. The van der Waals surface area contributed by atoms with Crippen LogP contribution in [-0.2, 0) is 4.79 Å². The maximum atomic E-state index is 9.93. The number of aliphatic hydroxyl groups excluding tert-OH is 1. The molecule has 0 aliphatic carbocycles. The molecule has 0 radical (unpaired) electrons. The van der Waals surface area contributed by atoms with Crippen LogP contribution in [-0.4, -0.2) is 11.4 Å². The van der Waals surface area contributed by atoms with Gasteiger partial charge in [-0.2, -0.15) is 0 Å². The van der Waals surface area contributed by atoms with Crippen LogP contribution in [0.2, 0.25) is 0 Å². The van der Waals surface area contributed by atoms with E-state index in [4.69, 9.17) is 5.11 Å². The van der Waals surface area contributed by atoms with Crippen molar-refractivity contribution in [3.05, 3.63) is 36.6 Å². The van der Waals surface area contributed by atoms with Crippen molar-refractivity contribution in [1.82, 2.24) is 0 Å². The van der Waals surface area contributed by atoms with E-state index < -0.39 is 0 Å². The summed E-state index contributed by atoms with van der Waals surface area (Å²) in [5.41, 5.74) is 0.567. The fourth-order valence-corrected chi connectivity index (χ4v) is 0.591. The summed E-state index contributed by atoms with van der Waals surface area (Å²) in [5, 5.41) is 9.12. The first-order valence-electron chi connectivity index (χ1n) is 3.35. The second kappa shape index (κ2) is 5.47. The summed E-state index contributed by atoms with van der Waals surface area (Å²) in [6.45, 7) is 7.00. The lowest BCUT2D eigenvalue weighted by atomic mass is 10.1. The van der Waals surface area contributed by atoms with Crippen LogP contribution in [0.1, 0.15) is 12.8 Å². The molecule has 11 heavy (non-hydrogen) atoms. The largest absolute Gasteiger partial charge is 0.508 e. The number of aliphatic hydroxyl groups is 1. The first kappa shape index (κ1) is 9.69. The Kier molecular flexibility index (Phi) is 4.82. The fraction of sp³-hybridized carbons (Fsp3) is 0.222. The van der Waals surface area contributed by atoms with Gasteiger partial charge in [0.1, 0.15) is 12.0 Å². The molecule has 0 atom stereocenters. The van der Waals surface area contributed by atoms with E-state index in [0.29, 0.717) is 18.4 Å². The van der Waals surface area contributed by atoms with Gasteiger partial charge in [-0.1, -0.05) is 19.2 Å². The van der Waals surface area contributed by atoms with Crippen molar-refractivity contribution in [2.45, 2.75) is 12.8 Å². The van der Waals surface area contributed by atoms with Crippen LogP contribution in [0.5, 0.6) is 0 Å². The van der Waals surface area contributed by atoms with Gasteiger partial charge in [-0.15, -0.1) is 0 Å². The van der Waals surface area contributed by atoms with E-state index in [1.807, 2.05) is 0 Å². The Labute approximate surface area is 66.5 Å². The molecule has 0 amide bonds. The molecule has 0 fully saturated rings. The molecule has 1 N–H and O–H groups in total. The van der Waals surface area contributed by atoms with Gasteiger partial charge in [0.05, 0.1) is 0 Å². The molecule has 0 aromatic carbocycles. The number of hydrogen-bond donors (Lipinski definition) is 1. The average Bonchev–Trinajstić information content (AvgIpc) is 2.00. The Balaban J connectivity index is 3.92. The van der Waals surface area contributed by atoms with Crippen molar-refractivity contribution in [3.63, 3.8) is 0 Å². The van der Waals surface area contributed by atoms with Gasteiger partial charge in [-0.05, 0) is 18.1 Å². The summed E-state index contributed by atoms with van der Waals surface area (Å²) in [4.78, 5) is 9.93. The summed E-state index contributed by atoms with van der Waals surface area (Å²) in [6, 6.07) is 0. The molecule has 0 saturated heterocycles. The molecule has 0 unspecified atom stereocenters. The van der Waals surface area contributed by atoms with Crippen LogP contribution >= 0.6 is 0 Å². The summed E-state index contributed by atoms with van der Waals surface area (Å²) in [7, 11) is 0. The van der Waals surface area contributed by atoms with Crippen LogP contribution in [0.4, 0.5) is 0 Å². The van der Waals surface area contributed by atoms with E-state index in [-0.39, 0.29) is 5.76 Å². The number of carbonyl (C=O) groups is 1. The Hall–Kier alpha value is -1.31. The molecule has 0 saturated carbocycles. The van der Waals surface area contributed by atoms with Crippen LogP contribution in [0, 0.1) is 0 Å². The summed E-state index contributed by atoms with van der Waals surface area (Å²) < 4.78 is 0. The van der Waals surface area contributed by atoms with Crippen molar-refractivity contribution < 1.29 is 9.90 Å². The van der Waals surface area contributed by atoms with Crippen LogP contribution < -0.4 is 0 Å². The van der Waals surface area contributed by atoms with Gasteiger partial charge in [-0.3, -0.25) is 0 Å². The third kappa shape index (κ3) is 4.14. The lowest BCUT2D eigenvalue weighted by Crippen LogP contribution is -1.87. The van der Waals surface area contributed by atoms with Crippen molar-refractivity contribution >= 4 is 6.29 Å². The Bertz CT molecular complexity index is 190. The Morgan fingerprint density at radius 2 is 2.18 bits per heavy atom. The van der Waals surface area contributed by atoms with Gasteiger partial charge in [0.2, 0.25) is 0 Å². The van der Waals surface area contributed by atoms with Crippen molar-refractivity contribution in [1.29, 1.82) is 0 Å². The SMILES string of the molecule is C=C/C=C(/O)C(=C)CCC=O. The summed E-state index contributed by atoms with van der Waals surface area (Å²) in [6.07, 6.45) is 4.62. The molecular formula is C9H12O2.